The number of hydrogen-bond donors (Lipinski definition) is 3. The Labute approximate surface area is 112 Å². The van der Waals surface area contributed by atoms with E-state index >= 15 is 0 Å². The molecule has 0 atom stereocenters. The zero-order valence-electron chi connectivity index (χ0n) is 11.2. The van der Waals surface area contributed by atoms with E-state index in [0.717, 1.165) is 0 Å². The standard InChI is InChI=1S/C10H19N5O3S/c1-7(2)4-12-8(16)5-14-19(17,18)10-9(11)13-6-15(10)3/h6-7,14H,4-5,11H2,1-3H3,(H,12,16). The Hall–Kier alpha value is -1.61. The number of nitrogens with one attached hydrogen (secondary N) is 2. The molecule has 1 heterocycles. The summed E-state index contributed by atoms with van der Waals surface area (Å²) in [5, 5.41) is 2.46. The van der Waals surface area contributed by atoms with Crippen LogP contribution in [-0.4, -0.2) is 37.0 Å². The maximum atomic E-state index is 11.9. The largest absolute Gasteiger partial charge is 0.381 e. The molecule has 0 spiro atoms. The summed E-state index contributed by atoms with van der Waals surface area (Å²) in [7, 11) is -2.34. The third-order valence-corrected chi connectivity index (χ3v) is 3.82. The number of anilines is 1. The van der Waals surface area contributed by atoms with E-state index < -0.39 is 15.9 Å². The van der Waals surface area contributed by atoms with Crippen LogP contribution in [-0.2, 0) is 21.9 Å². The second kappa shape index (κ2) is 6.02. The van der Waals surface area contributed by atoms with Crippen LogP contribution in [0.5, 0.6) is 0 Å². The van der Waals surface area contributed by atoms with E-state index in [0.29, 0.717) is 12.5 Å². The van der Waals surface area contributed by atoms with E-state index in [-0.39, 0.29) is 17.4 Å². The van der Waals surface area contributed by atoms with Gasteiger partial charge < -0.3 is 15.6 Å². The lowest BCUT2D eigenvalue weighted by Crippen LogP contribution is -2.38. The van der Waals surface area contributed by atoms with E-state index in [4.69, 9.17) is 5.73 Å². The van der Waals surface area contributed by atoms with Gasteiger partial charge in [-0.05, 0) is 5.92 Å². The van der Waals surface area contributed by atoms with Crippen LogP contribution in [0.15, 0.2) is 11.4 Å². The number of aryl methyl sites for hydroxylation is 1. The summed E-state index contributed by atoms with van der Waals surface area (Å²) in [6, 6.07) is 0. The molecule has 8 nitrogen and oxygen atoms in total. The number of nitrogens with two attached hydrogens (primary N) is 1. The SMILES string of the molecule is CC(C)CNC(=O)CNS(=O)(=O)c1c(N)ncn1C. The van der Waals surface area contributed by atoms with Crippen LogP contribution in [0.2, 0.25) is 0 Å². The summed E-state index contributed by atoms with van der Waals surface area (Å²) in [5.41, 5.74) is 5.48. The molecule has 1 aromatic heterocycles. The Morgan fingerprint density at radius 2 is 2.16 bits per heavy atom. The summed E-state index contributed by atoms with van der Waals surface area (Å²) in [4.78, 5) is 15.1. The third-order valence-electron chi connectivity index (χ3n) is 2.29. The van der Waals surface area contributed by atoms with E-state index in [2.05, 4.69) is 15.0 Å². The second-order valence-corrected chi connectivity index (χ2v) is 6.25. The maximum absolute atomic E-state index is 11.9. The maximum Gasteiger partial charge on any atom is 0.260 e. The first kappa shape index (κ1) is 15.4. The molecule has 0 unspecified atom stereocenters. The average Bonchev–Trinajstić information content (AvgIpc) is 2.64. The first-order chi connectivity index (χ1) is 8.74. The summed E-state index contributed by atoms with van der Waals surface area (Å²) in [6.07, 6.45) is 1.29. The number of aromatic nitrogens is 2. The highest BCUT2D eigenvalue weighted by atomic mass is 32.2. The monoisotopic (exact) mass is 289 g/mol. The molecule has 0 aliphatic carbocycles. The molecule has 19 heavy (non-hydrogen) atoms. The minimum Gasteiger partial charge on any atom is -0.381 e. The molecule has 0 saturated carbocycles. The quantitative estimate of drug-likeness (QED) is 0.624. The number of imidazole rings is 1. The molecule has 108 valence electrons. The Morgan fingerprint density at radius 1 is 1.53 bits per heavy atom. The molecule has 1 rings (SSSR count). The van der Waals surface area contributed by atoms with Gasteiger partial charge in [0.1, 0.15) is 0 Å². The van der Waals surface area contributed by atoms with Crippen molar-refractivity contribution >= 4 is 21.7 Å². The number of sulfonamides is 1. The lowest BCUT2D eigenvalue weighted by molar-refractivity contribution is -0.120. The Bertz CT molecular complexity index is 530. The van der Waals surface area contributed by atoms with Crippen molar-refractivity contribution in [3.63, 3.8) is 0 Å². The third kappa shape index (κ3) is 4.21. The molecular weight excluding hydrogens is 270 g/mol. The van der Waals surface area contributed by atoms with Crippen molar-refractivity contribution in [2.24, 2.45) is 13.0 Å². The molecule has 4 N–H and O–H groups in total. The van der Waals surface area contributed by atoms with E-state index in [1.54, 1.807) is 0 Å². The van der Waals surface area contributed by atoms with Gasteiger partial charge in [-0.3, -0.25) is 4.79 Å². The van der Waals surface area contributed by atoms with Crippen LogP contribution in [0.1, 0.15) is 13.8 Å². The number of amides is 1. The van der Waals surface area contributed by atoms with Crippen molar-refractivity contribution in [3.05, 3.63) is 6.33 Å². The van der Waals surface area contributed by atoms with Crippen LogP contribution in [0.4, 0.5) is 5.82 Å². The topological polar surface area (TPSA) is 119 Å². The van der Waals surface area contributed by atoms with Gasteiger partial charge in [-0.2, -0.15) is 0 Å². The van der Waals surface area contributed by atoms with Crippen molar-refractivity contribution in [1.29, 1.82) is 0 Å². The highest BCUT2D eigenvalue weighted by Gasteiger charge is 2.22. The van der Waals surface area contributed by atoms with Crippen molar-refractivity contribution < 1.29 is 13.2 Å². The highest BCUT2D eigenvalue weighted by molar-refractivity contribution is 7.89. The molecule has 0 bridgehead atoms. The highest BCUT2D eigenvalue weighted by Crippen LogP contribution is 2.14. The van der Waals surface area contributed by atoms with Gasteiger partial charge in [0.05, 0.1) is 12.9 Å². The van der Waals surface area contributed by atoms with E-state index in [9.17, 15) is 13.2 Å². The lowest BCUT2D eigenvalue weighted by atomic mass is 10.2. The molecule has 0 fully saturated rings. The van der Waals surface area contributed by atoms with Crippen LogP contribution in [0.25, 0.3) is 0 Å². The van der Waals surface area contributed by atoms with Gasteiger partial charge in [-0.15, -0.1) is 0 Å². The Kier molecular flexibility index (Phi) is 4.90. The fourth-order valence-corrected chi connectivity index (χ4v) is 2.59. The molecule has 1 aromatic rings. The number of carbonyl (C=O) groups is 1. The molecule has 0 aromatic carbocycles. The first-order valence-electron chi connectivity index (χ1n) is 5.77. The van der Waals surface area contributed by atoms with Gasteiger partial charge in [0.15, 0.2) is 10.8 Å². The zero-order chi connectivity index (χ0) is 14.6. The number of hydrogen-bond acceptors (Lipinski definition) is 5. The fraction of sp³-hybridized carbons (Fsp3) is 0.600. The van der Waals surface area contributed by atoms with Gasteiger partial charge in [-0.25, -0.2) is 18.1 Å². The minimum absolute atomic E-state index is 0.0995. The summed E-state index contributed by atoms with van der Waals surface area (Å²) < 4.78 is 27.4. The summed E-state index contributed by atoms with van der Waals surface area (Å²) >= 11 is 0. The fourth-order valence-electron chi connectivity index (χ4n) is 1.37. The van der Waals surface area contributed by atoms with Crippen molar-refractivity contribution in [2.45, 2.75) is 18.9 Å². The Morgan fingerprint density at radius 3 is 2.63 bits per heavy atom. The molecular formula is C10H19N5O3S. The zero-order valence-corrected chi connectivity index (χ0v) is 12.0. The van der Waals surface area contributed by atoms with Crippen LogP contribution < -0.4 is 15.8 Å². The van der Waals surface area contributed by atoms with Gasteiger partial charge in [0, 0.05) is 13.6 Å². The second-order valence-electron chi connectivity index (χ2n) is 4.57. The van der Waals surface area contributed by atoms with Gasteiger partial charge >= 0.3 is 0 Å². The van der Waals surface area contributed by atoms with Crippen LogP contribution in [0, 0.1) is 5.92 Å². The van der Waals surface area contributed by atoms with E-state index in [1.807, 2.05) is 13.8 Å². The Balaban J connectivity index is 2.64. The van der Waals surface area contributed by atoms with Gasteiger partial charge in [0.25, 0.3) is 10.0 Å². The number of nitrogen functional groups attached to an aromatic ring is 1. The molecule has 0 radical (unpaired) electrons. The van der Waals surface area contributed by atoms with Gasteiger partial charge in [0.2, 0.25) is 5.91 Å². The predicted molar refractivity (Wildman–Crippen MR) is 70.7 cm³/mol. The molecule has 9 heteroatoms. The van der Waals surface area contributed by atoms with Crippen molar-refractivity contribution in [1.82, 2.24) is 19.6 Å². The number of rotatable bonds is 6. The van der Waals surface area contributed by atoms with Crippen molar-refractivity contribution in [3.8, 4) is 0 Å². The average molecular weight is 289 g/mol. The number of carbonyl (C=O) groups excluding carboxylic acids is 1. The normalized spacial score (nSPS) is 11.8. The smallest absolute Gasteiger partial charge is 0.260 e. The molecule has 0 saturated heterocycles. The first-order valence-corrected chi connectivity index (χ1v) is 7.25. The minimum atomic E-state index is -3.85. The van der Waals surface area contributed by atoms with Crippen LogP contribution in [0.3, 0.4) is 0 Å². The van der Waals surface area contributed by atoms with Crippen molar-refractivity contribution in [2.75, 3.05) is 18.8 Å². The van der Waals surface area contributed by atoms with Crippen LogP contribution >= 0.6 is 0 Å². The lowest BCUT2D eigenvalue weighted by Gasteiger charge is -2.09. The molecule has 0 aliphatic heterocycles. The van der Waals surface area contributed by atoms with Gasteiger partial charge in [-0.1, -0.05) is 13.8 Å². The molecule has 1 amide bonds. The summed E-state index contributed by atoms with van der Waals surface area (Å²) in [6.45, 7) is 4.05. The van der Waals surface area contributed by atoms with E-state index in [1.165, 1.54) is 17.9 Å². The number of nitrogens with zero attached hydrogens (tertiary/aromatic N) is 2. The molecule has 0 aliphatic rings. The predicted octanol–water partition coefficient (Wildman–Crippen LogP) is -0.947. The summed E-state index contributed by atoms with van der Waals surface area (Å²) in [5.74, 6) is -0.191.